The van der Waals surface area contributed by atoms with Crippen molar-refractivity contribution in [1.29, 1.82) is 0 Å². The zero-order valence-corrected chi connectivity index (χ0v) is 12.8. The van der Waals surface area contributed by atoms with Crippen LogP contribution in [0.25, 0.3) is 10.9 Å². The van der Waals surface area contributed by atoms with Crippen molar-refractivity contribution < 1.29 is 11.6 Å². The lowest BCUT2D eigenvalue weighted by atomic mass is 10.2. The van der Waals surface area contributed by atoms with Crippen LogP contribution in [0.1, 0.15) is 24.2 Å². The number of nitrogens with one attached hydrogen (secondary N) is 1. The second-order valence-electron chi connectivity index (χ2n) is 4.43. The number of benzene rings is 1. The highest BCUT2D eigenvalue weighted by Gasteiger charge is 2.14. The number of rotatable bonds is 5. The molecule has 0 bridgehead atoms. The number of amides is 1. The van der Waals surface area contributed by atoms with Crippen LogP contribution < -0.4 is 11.1 Å². The molecule has 0 saturated carbocycles. The lowest BCUT2D eigenvalue weighted by molar-refractivity contribution is 0.0994. The van der Waals surface area contributed by atoms with Gasteiger partial charge in [0.1, 0.15) is 0 Å². The van der Waals surface area contributed by atoms with Gasteiger partial charge in [-0.05, 0) is 31.3 Å². The standard InChI is InChI=1S/C14H15N7OS/c1-3-21-10-5-4-9(6-8(10)7-16-21)17-13-11(12(15)22)19-20-14(18-13)23-2/h4-7H,3H2,1-2H3,(H2,15,22)(H,17,18,20)/i1D3,3D2. The fourth-order valence-electron chi connectivity index (χ4n) is 1.99. The van der Waals surface area contributed by atoms with Crippen molar-refractivity contribution >= 4 is 40.1 Å². The Kier molecular flexibility index (Phi) is 2.74. The molecule has 0 unspecified atom stereocenters. The molecule has 1 aromatic carbocycles. The van der Waals surface area contributed by atoms with Crippen molar-refractivity contribution in [2.45, 2.75) is 18.5 Å². The molecule has 0 aliphatic heterocycles. The van der Waals surface area contributed by atoms with Crippen molar-refractivity contribution in [1.82, 2.24) is 25.0 Å². The first-order valence-corrected chi connectivity index (χ1v) is 7.61. The molecule has 9 heteroatoms. The summed E-state index contributed by atoms with van der Waals surface area (Å²) < 4.78 is 38.8. The second-order valence-corrected chi connectivity index (χ2v) is 5.20. The van der Waals surface area contributed by atoms with E-state index in [0.29, 0.717) is 21.7 Å². The average Bonchev–Trinajstić information content (AvgIpc) is 3.04. The topological polar surface area (TPSA) is 112 Å². The van der Waals surface area contributed by atoms with Crippen LogP contribution in [-0.2, 0) is 6.50 Å². The predicted molar refractivity (Wildman–Crippen MR) is 88.8 cm³/mol. The van der Waals surface area contributed by atoms with Crippen LogP contribution in [0.15, 0.2) is 29.6 Å². The number of aryl methyl sites for hydroxylation is 1. The maximum absolute atomic E-state index is 11.6. The second kappa shape index (κ2) is 6.21. The van der Waals surface area contributed by atoms with Crippen molar-refractivity contribution in [2.24, 2.45) is 5.73 Å². The van der Waals surface area contributed by atoms with E-state index in [-0.39, 0.29) is 11.5 Å². The van der Waals surface area contributed by atoms with Gasteiger partial charge in [0.2, 0.25) is 5.16 Å². The molecule has 3 aromatic rings. The van der Waals surface area contributed by atoms with E-state index >= 15 is 0 Å². The van der Waals surface area contributed by atoms with Crippen LogP contribution in [0.4, 0.5) is 11.5 Å². The Bertz CT molecular complexity index is 1050. The van der Waals surface area contributed by atoms with Gasteiger partial charge in [-0.2, -0.15) is 5.10 Å². The highest BCUT2D eigenvalue weighted by atomic mass is 32.2. The smallest absolute Gasteiger partial charge is 0.273 e. The van der Waals surface area contributed by atoms with Crippen molar-refractivity contribution in [2.75, 3.05) is 11.6 Å². The van der Waals surface area contributed by atoms with E-state index in [1.807, 2.05) is 0 Å². The van der Waals surface area contributed by atoms with Crippen LogP contribution in [0.5, 0.6) is 0 Å². The van der Waals surface area contributed by atoms with Crippen LogP contribution >= 0.6 is 11.8 Å². The summed E-state index contributed by atoms with van der Waals surface area (Å²) in [6, 6.07) is 4.70. The van der Waals surface area contributed by atoms with Gasteiger partial charge in [-0.25, -0.2) is 4.98 Å². The predicted octanol–water partition coefficient (Wildman–Crippen LogP) is 1.81. The van der Waals surface area contributed by atoms with Gasteiger partial charge < -0.3 is 11.1 Å². The minimum Gasteiger partial charge on any atom is -0.364 e. The largest absolute Gasteiger partial charge is 0.364 e. The monoisotopic (exact) mass is 334 g/mol. The maximum atomic E-state index is 11.6. The molecule has 8 nitrogen and oxygen atoms in total. The molecule has 0 atom stereocenters. The molecular weight excluding hydrogens is 314 g/mol. The van der Waals surface area contributed by atoms with Gasteiger partial charge in [0.15, 0.2) is 11.5 Å². The molecular formula is C14H15N7OS. The summed E-state index contributed by atoms with van der Waals surface area (Å²) in [6.45, 7) is -5.56. The van der Waals surface area contributed by atoms with Crippen molar-refractivity contribution in [3.05, 3.63) is 30.1 Å². The molecule has 23 heavy (non-hydrogen) atoms. The fraction of sp³-hybridized carbons (Fsp3) is 0.214. The zero-order valence-electron chi connectivity index (χ0n) is 16.9. The van der Waals surface area contributed by atoms with Crippen LogP contribution in [0.2, 0.25) is 0 Å². The molecule has 0 aliphatic carbocycles. The third-order valence-corrected chi connectivity index (χ3v) is 3.56. The van der Waals surface area contributed by atoms with Crippen molar-refractivity contribution in [3.63, 3.8) is 0 Å². The van der Waals surface area contributed by atoms with Gasteiger partial charge in [0.25, 0.3) is 5.91 Å². The van der Waals surface area contributed by atoms with E-state index in [1.165, 1.54) is 24.0 Å². The Morgan fingerprint density at radius 2 is 2.39 bits per heavy atom. The summed E-state index contributed by atoms with van der Waals surface area (Å²) in [6.07, 6.45) is 3.11. The average molecular weight is 334 g/mol. The van der Waals surface area contributed by atoms with E-state index in [4.69, 9.17) is 12.6 Å². The Balaban J connectivity index is 2.01. The number of fused-ring (bicyclic) bond motifs is 1. The Morgan fingerprint density at radius 3 is 3.13 bits per heavy atom. The number of primary amides is 1. The zero-order chi connectivity index (χ0) is 20.7. The number of anilines is 2. The van der Waals surface area contributed by atoms with Crippen LogP contribution in [0, 0.1) is 0 Å². The molecule has 0 spiro atoms. The molecule has 3 N–H and O–H groups in total. The van der Waals surface area contributed by atoms with Crippen LogP contribution in [0.3, 0.4) is 0 Å². The van der Waals surface area contributed by atoms with Gasteiger partial charge in [0, 0.05) is 21.7 Å². The first-order valence-electron chi connectivity index (χ1n) is 8.88. The summed E-state index contributed by atoms with van der Waals surface area (Å²) >= 11 is 1.24. The third kappa shape index (κ3) is 2.95. The summed E-state index contributed by atoms with van der Waals surface area (Å²) in [7, 11) is 0. The summed E-state index contributed by atoms with van der Waals surface area (Å²) in [5.41, 5.74) is 5.97. The first kappa shape index (κ1) is 10.2. The van der Waals surface area contributed by atoms with E-state index in [2.05, 4.69) is 25.6 Å². The highest BCUT2D eigenvalue weighted by molar-refractivity contribution is 7.98. The number of hydrogen-bond acceptors (Lipinski definition) is 7. The van der Waals surface area contributed by atoms with Crippen molar-refractivity contribution in [3.8, 4) is 0 Å². The Morgan fingerprint density at radius 1 is 1.52 bits per heavy atom. The van der Waals surface area contributed by atoms with Crippen LogP contribution in [-0.4, -0.2) is 37.1 Å². The number of thioether (sulfide) groups is 1. The summed E-state index contributed by atoms with van der Waals surface area (Å²) in [5, 5.41) is 15.2. The Hall–Kier alpha value is -2.68. The highest BCUT2D eigenvalue weighted by Crippen LogP contribution is 2.23. The number of nitrogens with zero attached hydrogens (tertiary/aromatic N) is 5. The molecule has 0 radical (unpaired) electrons. The van der Waals surface area contributed by atoms with Gasteiger partial charge in [-0.1, -0.05) is 11.8 Å². The third-order valence-electron chi connectivity index (χ3n) is 3.02. The lowest BCUT2D eigenvalue weighted by Gasteiger charge is -2.09. The molecule has 0 fully saturated rings. The first-order chi connectivity index (χ1) is 13.0. The minimum atomic E-state index is -2.89. The van der Waals surface area contributed by atoms with Gasteiger partial charge in [-0.3, -0.25) is 9.48 Å². The van der Waals surface area contributed by atoms with E-state index in [0.717, 1.165) is 4.68 Å². The molecule has 0 aliphatic rings. The molecule has 3 rings (SSSR count). The lowest BCUT2D eigenvalue weighted by Crippen LogP contribution is -2.17. The Labute approximate surface area is 143 Å². The molecule has 2 aromatic heterocycles. The van der Waals surface area contributed by atoms with E-state index < -0.39 is 19.3 Å². The number of carbonyl (C=O) groups is 1. The van der Waals surface area contributed by atoms with Gasteiger partial charge >= 0.3 is 0 Å². The van der Waals surface area contributed by atoms with E-state index in [9.17, 15) is 4.79 Å². The normalized spacial score (nSPS) is 15.3. The quantitative estimate of drug-likeness (QED) is 0.684. The molecule has 0 saturated heterocycles. The minimum absolute atomic E-state index is 0.122. The SMILES string of the molecule is [2H]C([2H])([2H])C([2H])([2H])n1ncc2cc(Nc3nc(SC)nnc3C(N)=O)ccc21. The fourth-order valence-corrected chi connectivity index (χ4v) is 2.29. The van der Waals surface area contributed by atoms with Gasteiger partial charge in [0.05, 0.1) is 14.5 Å². The number of nitrogens with two attached hydrogens (primary N) is 1. The molecule has 118 valence electrons. The number of hydrogen-bond donors (Lipinski definition) is 2. The summed E-state index contributed by atoms with van der Waals surface area (Å²) in [4.78, 5) is 15.7. The number of aromatic nitrogens is 5. The number of carbonyl (C=O) groups excluding carboxylic acids is 1. The van der Waals surface area contributed by atoms with Gasteiger partial charge in [-0.15, -0.1) is 10.2 Å². The molecule has 1 amide bonds. The molecule has 2 heterocycles. The maximum Gasteiger partial charge on any atom is 0.273 e. The van der Waals surface area contributed by atoms with E-state index in [1.54, 1.807) is 18.4 Å². The summed E-state index contributed by atoms with van der Waals surface area (Å²) in [5.74, 6) is -0.675.